The zero-order valence-electron chi connectivity index (χ0n) is 9.81. The van der Waals surface area contributed by atoms with Crippen molar-refractivity contribution in [3.05, 3.63) is 11.9 Å². The molecule has 2 fully saturated rings. The molecular weight excluding hydrogens is 238 g/mol. The number of hydrogen-bond acceptors (Lipinski definition) is 3. The second-order valence-corrected chi connectivity index (χ2v) is 6.86. The van der Waals surface area contributed by atoms with Crippen LogP contribution in [0.15, 0.2) is 11.1 Å². The third kappa shape index (κ3) is 2.24. The molecule has 0 radical (unpaired) electrons. The second-order valence-electron chi connectivity index (χ2n) is 5.18. The average Bonchev–Trinajstić information content (AvgIpc) is 3.15. The minimum absolute atomic E-state index is 0.147. The molecular formula is C11H17N3O2S. The van der Waals surface area contributed by atoms with Crippen molar-refractivity contribution in [3.63, 3.8) is 0 Å². The van der Waals surface area contributed by atoms with Crippen molar-refractivity contribution in [1.29, 1.82) is 0 Å². The number of hydrogen-bond donors (Lipinski definition) is 2. The standard InChI is InChI=1S/C11H17N3O2S/c1-7-10(6-12-13-7)17(15,16)14-11(8-2-3-8)9-4-5-9/h6,8-9,11,14H,2-5H2,1H3,(H,12,13). The van der Waals surface area contributed by atoms with Gasteiger partial charge in [-0.3, -0.25) is 5.10 Å². The van der Waals surface area contributed by atoms with Gasteiger partial charge in [0.15, 0.2) is 0 Å². The molecule has 0 aromatic carbocycles. The lowest BCUT2D eigenvalue weighted by atomic mass is 10.1. The molecule has 6 heteroatoms. The topological polar surface area (TPSA) is 74.8 Å². The van der Waals surface area contributed by atoms with E-state index in [2.05, 4.69) is 14.9 Å². The molecule has 0 atom stereocenters. The maximum atomic E-state index is 12.2. The van der Waals surface area contributed by atoms with E-state index in [-0.39, 0.29) is 10.9 Å². The molecule has 2 aliphatic carbocycles. The molecule has 2 aliphatic rings. The largest absolute Gasteiger partial charge is 0.281 e. The highest BCUT2D eigenvalue weighted by Crippen LogP contribution is 2.45. The number of aryl methyl sites for hydroxylation is 1. The molecule has 0 unspecified atom stereocenters. The molecule has 1 aromatic heterocycles. The normalized spacial score (nSPS) is 21.1. The average molecular weight is 255 g/mol. The first kappa shape index (κ1) is 11.2. The Kier molecular flexibility index (Phi) is 2.52. The lowest BCUT2D eigenvalue weighted by Gasteiger charge is -2.17. The SMILES string of the molecule is Cc1[nH]ncc1S(=O)(=O)NC(C1CC1)C1CC1. The fourth-order valence-electron chi connectivity index (χ4n) is 2.34. The summed E-state index contributed by atoms with van der Waals surface area (Å²) in [5.74, 6) is 1.12. The number of aromatic nitrogens is 2. The van der Waals surface area contributed by atoms with Gasteiger partial charge in [-0.15, -0.1) is 0 Å². The summed E-state index contributed by atoms with van der Waals surface area (Å²) in [6.45, 7) is 1.73. The van der Waals surface area contributed by atoms with E-state index >= 15 is 0 Å². The Bertz CT molecular complexity index is 503. The van der Waals surface area contributed by atoms with Gasteiger partial charge in [-0.25, -0.2) is 13.1 Å². The molecule has 3 rings (SSSR count). The van der Waals surface area contributed by atoms with Gasteiger partial charge in [0.2, 0.25) is 10.0 Å². The summed E-state index contributed by atoms with van der Waals surface area (Å²) in [6, 6.07) is 0.147. The predicted octanol–water partition coefficient (Wildman–Crippen LogP) is 1.19. The number of sulfonamides is 1. The van der Waals surface area contributed by atoms with E-state index in [0.29, 0.717) is 17.5 Å². The van der Waals surface area contributed by atoms with E-state index in [9.17, 15) is 8.42 Å². The Morgan fingerprint density at radius 1 is 1.35 bits per heavy atom. The van der Waals surface area contributed by atoms with Gasteiger partial charge in [0.25, 0.3) is 0 Å². The van der Waals surface area contributed by atoms with Gasteiger partial charge in [-0.2, -0.15) is 5.10 Å². The Morgan fingerprint density at radius 3 is 2.35 bits per heavy atom. The van der Waals surface area contributed by atoms with Crippen LogP contribution < -0.4 is 4.72 Å². The second kappa shape index (κ2) is 3.81. The highest BCUT2D eigenvalue weighted by Gasteiger charge is 2.43. The minimum Gasteiger partial charge on any atom is -0.281 e. The third-order valence-corrected chi connectivity index (χ3v) is 5.20. The van der Waals surface area contributed by atoms with Crippen molar-refractivity contribution in [2.75, 3.05) is 0 Å². The zero-order valence-corrected chi connectivity index (χ0v) is 10.6. The highest BCUT2D eigenvalue weighted by molar-refractivity contribution is 7.89. The van der Waals surface area contributed by atoms with Crippen molar-refractivity contribution in [3.8, 4) is 0 Å². The summed E-state index contributed by atoms with van der Waals surface area (Å²) in [5.41, 5.74) is 0.600. The first-order valence-electron chi connectivity index (χ1n) is 6.10. The van der Waals surface area contributed by atoms with E-state index < -0.39 is 10.0 Å². The van der Waals surface area contributed by atoms with Crippen molar-refractivity contribution >= 4 is 10.0 Å². The Morgan fingerprint density at radius 2 is 1.94 bits per heavy atom. The lowest BCUT2D eigenvalue weighted by molar-refractivity contribution is 0.471. The summed E-state index contributed by atoms with van der Waals surface area (Å²) in [6.07, 6.45) is 6.03. The van der Waals surface area contributed by atoms with Crippen LogP contribution in [0.3, 0.4) is 0 Å². The minimum atomic E-state index is -3.40. The quantitative estimate of drug-likeness (QED) is 0.829. The maximum absolute atomic E-state index is 12.2. The molecule has 0 spiro atoms. The van der Waals surface area contributed by atoms with E-state index in [0.717, 1.165) is 25.7 Å². The van der Waals surface area contributed by atoms with Gasteiger partial charge >= 0.3 is 0 Å². The molecule has 0 amide bonds. The van der Waals surface area contributed by atoms with Crippen molar-refractivity contribution in [2.24, 2.45) is 11.8 Å². The van der Waals surface area contributed by atoms with E-state index in [1.165, 1.54) is 6.20 Å². The van der Waals surface area contributed by atoms with Crippen LogP contribution >= 0.6 is 0 Å². The van der Waals surface area contributed by atoms with Crippen LogP contribution in [-0.4, -0.2) is 24.7 Å². The van der Waals surface area contributed by atoms with Crippen LogP contribution in [0, 0.1) is 18.8 Å². The van der Waals surface area contributed by atoms with Gasteiger partial charge in [-0.1, -0.05) is 0 Å². The maximum Gasteiger partial charge on any atom is 0.244 e. The Hall–Kier alpha value is -0.880. The summed E-state index contributed by atoms with van der Waals surface area (Å²) in [5, 5.41) is 6.44. The number of H-pyrrole nitrogens is 1. The zero-order chi connectivity index (χ0) is 12.0. The van der Waals surface area contributed by atoms with Gasteiger partial charge in [0.05, 0.1) is 11.9 Å². The molecule has 2 N–H and O–H groups in total. The predicted molar refractivity (Wildman–Crippen MR) is 62.9 cm³/mol. The van der Waals surface area contributed by atoms with Crippen LogP contribution in [0.4, 0.5) is 0 Å². The summed E-state index contributed by atoms with van der Waals surface area (Å²) in [4.78, 5) is 0.281. The summed E-state index contributed by atoms with van der Waals surface area (Å²) in [7, 11) is -3.40. The third-order valence-electron chi connectivity index (χ3n) is 3.62. The first-order chi connectivity index (χ1) is 8.08. The molecule has 94 valence electrons. The van der Waals surface area contributed by atoms with E-state index in [1.807, 2.05) is 0 Å². The monoisotopic (exact) mass is 255 g/mol. The fourth-order valence-corrected chi connectivity index (χ4v) is 3.85. The van der Waals surface area contributed by atoms with Gasteiger partial charge in [0.1, 0.15) is 4.90 Å². The van der Waals surface area contributed by atoms with Gasteiger partial charge < -0.3 is 0 Å². The fraction of sp³-hybridized carbons (Fsp3) is 0.727. The van der Waals surface area contributed by atoms with Crippen LogP contribution in [0.1, 0.15) is 31.4 Å². The van der Waals surface area contributed by atoms with Crippen LogP contribution in [0.5, 0.6) is 0 Å². The van der Waals surface area contributed by atoms with Crippen LogP contribution in [-0.2, 0) is 10.0 Å². The number of nitrogens with one attached hydrogen (secondary N) is 2. The first-order valence-corrected chi connectivity index (χ1v) is 7.58. The van der Waals surface area contributed by atoms with E-state index in [4.69, 9.17) is 0 Å². The van der Waals surface area contributed by atoms with Crippen molar-refractivity contribution in [1.82, 2.24) is 14.9 Å². The van der Waals surface area contributed by atoms with Crippen LogP contribution in [0.25, 0.3) is 0 Å². The highest BCUT2D eigenvalue weighted by atomic mass is 32.2. The number of aromatic amines is 1. The van der Waals surface area contributed by atoms with Crippen molar-refractivity contribution in [2.45, 2.75) is 43.5 Å². The van der Waals surface area contributed by atoms with Gasteiger partial charge in [-0.05, 0) is 44.4 Å². The molecule has 0 bridgehead atoms. The Balaban J connectivity index is 1.81. The molecule has 17 heavy (non-hydrogen) atoms. The molecule has 0 saturated heterocycles. The molecule has 5 nitrogen and oxygen atoms in total. The molecule has 2 saturated carbocycles. The van der Waals surface area contributed by atoms with Gasteiger partial charge in [0, 0.05) is 6.04 Å². The summed E-state index contributed by atoms with van der Waals surface area (Å²) < 4.78 is 27.3. The molecule has 0 aliphatic heterocycles. The molecule has 1 aromatic rings. The smallest absolute Gasteiger partial charge is 0.244 e. The summed E-state index contributed by atoms with van der Waals surface area (Å²) >= 11 is 0. The Labute approximate surface area is 101 Å². The van der Waals surface area contributed by atoms with Crippen LogP contribution in [0.2, 0.25) is 0 Å². The molecule has 1 heterocycles. The van der Waals surface area contributed by atoms with Crippen molar-refractivity contribution < 1.29 is 8.42 Å². The van der Waals surface area contributed by atoms with E-state index in [1.54, 1.807) is 6.92 Å². The number of rotatable bonds is 5. The number of nitrogens with zero attached hydrogens (tertiary/aromatic N) is 1. The lowest BCUT2D eigenvalue weighted by Crippen LogP contribution is -2.38.